The summed E-state index contributed by atoms with van der Waals surface area (Å²) in [5.74, 6) is 0.463. The van der Waals surface area contributed by atoms with Crippen molar-refractivity contribution in [1.82, 2.24) is 4.31 Å². The van der Waals surface area contributed by atoms with E-state index in [4.69, 9.17) is 11.6 Å². The van der Waals surface area contributed by atoms with Gasteiger partial charge in [-0.05, 0) is 24.1 Å². The van der Waals surface area contributed by atoms with Crippen LogP contribution >= 0.6 is 27.5 Å². The van der Waals surface area contributed by atoms with Crippen molar-refractivity contribution in [3.63, 3.8) is 0 Å². The molecule has 1 aromatic rings. The van der Waals surface area contributed by atoms with E-state index >= 15 is 0 Å². The molecule has 0 aliphatic heterocycles. The highest BCUT2D eigenvalue weighted by atomic mass is 79.9. The second-order valence-electron chi connectivity index (χ2n) is 3.74. The first-order chi connectivity index (χ1) is 7.95. The third kappa shape index (κ3) is 4.95. The fourth-order valence-electron chi connectivity index (χ4n) is 1.38. The van der Waals surface area contributed by atoms with E-state index in [1.807, 2.05) is 24.3 Å². The number of nitrogens with zero attached hydrogens (tertiary/aromatic N) is 1. The van der Waals surface area contributed by atoms with Gasteiger partial charge in [0.25, 0.3) is 0 Å². The minimum Gasteiger partial charge on any atom is -0.212 e. The summed E-state index contributed by atoms with van der Waals surface area (Å²) in [4.78, 5) is 0. The number of sulfonamides is 1. The molecule has 0 amide bonds. The molecule has 0 fully saturated rings. The van der Waals surface area contributed by atoms with Gasteiger partial charge in [-0.15, -0.1) is 11.6 Å². The first-order valence-electron chi connectivity index (χ1n) is 5.20. The maximum Gasteiger partial charge on any atom is 0.214 e. The molecule has 3 nitrogen and oxygen atoms in total. The molecular formula is C11H15BrClNO2S. The minimum atomic E-state index is -3.20. The van der Waals surface area contributed by atoms with Gasteiger partial charge in [-0.25, -0.2) is 12.7 Å². The average Bonchev–Trinajstić information content (AvgIpc) is 2.26. The Morgan fingerprint density at radius 1 is 1.41 bits per heavy atom. The van der Waals surface area contributed by atoms with Crippen molar-refractivity contribution in [3.8, 4) is 0 Å². The Hall–Kier alpha value is -0.100. The van der Waals surface area contributed by atoms with E-state index in [2.05, 4.69) is 15.9 Å². The number of hydrogen-bond acceptors (Lipinski definition) is 2. The molecule has 6 heteroatoms. The lowest BCUT2D eigenvalue weighted by atomic mass is 10.2. The van der Waals surface area contributed by atoms with Crippen molar-refractivity contribution in [3.05, 3.63) is 34.3 Å². The summed E-state index contributed by atoms with van der Waals surface area (Å²) in [6, 6.07) is 7.61. The lowest BCUT2D eigenvalue weighted by Gasteiger charge is -2.17. The summed E-state index contributed by atoms with van der Waals surface area (Å²) in [6.07, 6.45) is 0.479. The summed E-state index contributed by atoms with van der Waals surface area (Å²) in [7, 11) is -1.61. The number of halogens is 2. The zero-order chi connectivity index (χ0) is 12.9. The largest absolute Gasteiger partial charge is 0.214 e. The molecule has 0 bridgehead atoms. The van der Waals surface area contributed by atoms with E-state index in [0.29, 0.717) is 18.8 Å². The zero-order valence-corrected chi connectivity index (χ0v) is 12.7. The van der Waals surface area contributed by atoms with Crippen LogP contribution in [-0.4, -0.2) is 31.4 Å². The van der Waals surface area contributed by atoms with Crippen LogP contribution in [0.15, 0.2) is 28.7 Å². The molecule has 1 aromatic carbocycles. The van der Waals surface area contributed by atoms with Gasteiger partial charge in [0.05, 0.1) is 5.75 Å². The molecular weight excluding hydrogens is 326 g/mol. The molecule has 0 aliphatic carbocycles. The summed E-state index contributed by atoms with van der Waals surface area (Å²) < 4.78 is 26.0. The highest BCUT2D eigenvalue weighted by molar-refractivity contribution is 9.10. The third-order valence-electron chi connectivity index (χ3n) is 2.31. The van der Waals surface area contributed by atoms with Crippen molar-refractivity contribution in [2.75, 3.05) is 18.7 Å². The van der Waals surface area contributed by atoms with Gasteiger partial charge in [-0.1, -0.05) is 28.1 Å². The number of rotatable bonds is 6. The molecule has 0 atom stereocenters. The van der Waals surface area contributed by atoms with E-state index in [-0.39, 0.29) is 5.75 Å². The van der Waals surface area contributed by atoms with Crippen LogP contribution in [-0.2, 0) is 16.6 Å². The Kier molecular flexibility index (Phi) is 5.92. The summed E-state index contributed by atoms with van der Waals surface area (Å²) in [5.41, 5.74) is 0.955. The molecule has 0 N–H and O–H groups in total. The molecule has 0 spiro atoms. The minimum absolute atomic E-state index is 0.0982. The van der Waals surface area contributed by atoms with Crippen molar-refractivity contribution >= 4 is 37.6 Å². The Morgan fingerprint density at radius 2 is 2.12 bits per heavy atom. The van der Waals surface area contributed by atoms with Crippen LogP contribution in [0.3, 0.4) is 0 Å². The summed E-state index contributed by atoms with van der Waals surface area (Å²) >= 11 is 8.86. The van der Waals surface area contributed by atoms with Gasteiger partial charge < -0.3 is 0 Å². The Bertz CT molecular complexity index is 464. The number of benzene rings is 1. The second-order valence-corrected chi connectivity index (χ2v) is 7.23. The lowest BCUT2D eigenvalue weighted by molar-refractivity contribution is 0.466. The van der Waals surface area contributed by atoms with Crippen LogP contribution in [0.1, 0.15) is 12.0 Å². The van der Waals surface area contributed by atoms with Gasteiger partial charge in [0.1, 0.15) is 0 Å². The van der Waals surface area contributed by atoms with Crippen molar-refractivity contribution < 1.29 is 8.42 Å². The van der Waals surface area contributed by atoms with E-state index in [1.165, 1.54) is 4.31 Å². The van der Waals surface area contributed by atoms with E-state index < -0.39 is 10.0 Å². The zero-order valence-electron chi connectivity index (χ0n) is 9.57. The predicted molar refractivity (Wildman–Crippen MR) is 74.7 cm³/mol. The Balaban J connectivity index is 2.68. The maximum absolute atomic E-state index is 11.8. The second kappa shape index (κ2) is 6.73. The number of hydrogen-bond donors (Lipinski definition) is 0. The van der Waals surface area contributed by atoms with Crippen LogP contribution in [0.2, 0.25) is 0 Å². The van der Waals surface area contributed by atoms with Crippen molar-refractivity contribution in [1.29, 1.82) is 0 Å². The molecule has 0 radical (unpaired) electrons. The predicted octanol–water partition coefficient (Wildman–Crippen LogP) is 2.84. The molecule has 0 aliphatic rings. The van der Waals surface area contributed by atoms with Gasteiger partial charge in [0.15, 0.2) is 0 Å². The van der Waals surface area contributed by atoms with Gasteiger partial charge in [-0.2, -0.15) is 0 Å². The van der Waals surface area contributed by atoms with E-state index in [1.54, 1.807) is 7.05 Å². The SMILES string of the molecule is CN(Cc1cccc(Br)c1)S(=O)(=O)CCCCl. The molecule has 17 heavy (non-hydrogen) atoms. The lowest BCUT2D eigenvalue weighted by Crippen LogP contribution is -2.29. The van der Waals surface area contributed by atoms with Gasteiger partial charge in [-0.3, -0.25) is 0 Å². The summed E-state index contributed by atoms with van der Waals surface area (Å²) in [5, 5.41) is 0. The standard InChI is InChI=1S/C11H15BrClNO2S/c1-14(17(15,16)7-3-6-13)9-10-4-2-5-11(12)8-10/h2,4-5,8H,3,6-7,9H2,1H3. The number of alkyl halides is 1. The van der Waals surface area contributed by atoms with Crippen LogP contribution in [0.25, 0.3) is 0 Å². The van der Waals surface area contributed by atoms with Crippen LogP contribution < -0.4 is 0 Å². The maximum atomic E-state index is 11.8. The molecule has 0 heterocycles. The highest BCUT2D eigenvalue weighted by Gasteiger charge is 2.17. The van der Waals surface area contributed by atoms with Crippen molar-refractivity contribution in [2.45, 2.75) is 13.0 Å². The van der Waals surface area contributed by atoms with Crippen molar-refractivity contribution in [2.24, 2.45) is 0 Å². The third-order valence-corrected chi connectivity index (χ3v) is 4.95. The fourth-order valence-corrected chi connectivity index (χ4v) is 3.29. The fraction of sp³-hybridized carbons (Fsp3) is 0.455. The topological polar surface area (TPSA) is 37.4 Å². The quantitative estimate of drug-likeness (QED) is 0.747. The molecule has 96 valence electrons. The monoisotopic (exact) mass is 339 g/mol. The van der Waals surface area contributed by atoms with E-state index in [0.717, 1.165) is 10.0 Å². The van der Waals surface area contributed by atoms with Gasteiger partial charge >= 0.3 is 0 Å². The van der Waals surface area contributed by atoms with Gasteiger partial charge in [0.2, 0.25) is 10.0 Å². The molecule has 0 unspecified atom stereocenters. The Morgan fingerprint density at radius 3 is 2.71 bits per heavy atom. The molecule has 0 saturated heterocycles. The molecule has 1 rings (SSSR count). The normalized spacial score (nSPS) is 12.0. The van der Waals surface area contributed by atoms with Gasteiger partial charge in [0, 0.05) is 23.9 Å². The molecule has 0 saturated carbocycles. The average molecular weight is 341 g/mol. The first-order valence-corrected chi connectivity index (χ1v) is 8.14. The highest BCUT2D eigenvalue weighted by Crippen LogP contribution is 2.14. The molecule has 0 aromatic heterocycles. The smallest absolute Gasteiger partial charge is 0.212 e. The van der Waals surface area contributed by atoms with Crippen LogP contribution in [0.4, 0.5) is 0 Å². The van der Waals surface area contributed by atoms with E-state index in [9.17, 15) is 8.42 Å². The van der Waals surface area contributed by atoms with Crippen LogP contribution in [0, 0.1) is 0 Å². The Labute approximate surface area is 116 Å². The van der Waals surface area contributed by atoms with Crippen LogP contribution in [0.5, 0.6) is 0 Å². The first kappa shape index (κ1) is 15.0. The summed E-state index contributed by atoms with van der Waals surface area (Å²) in [6.45, 7) is 0.379.